The van der Waals surface area contributed by atoms with E-state index in [1.165, 1.54) is 15.8 Å². The Balaban J connectivity index is 0.00000133. The molecule has 3 heterocycles. The second-order valence-electron chi connectivity index (χ2n) is 4.37. The maximum Gasteiger partial charge on any atom is 0.363 e. The van der Waals surface area contributed by atoms with Crippen LogP contribution in [0.15, 0.2) is 5.16 Å². The van der Waals surface area contributed by atoms with Gasteiger partial charge < -0.3 is 28.7 Å². The molecule has 0 bridgehead atoms. The molecule has 0 amide bonds. The van der Waals surface area contributed by atoms with E-state index in [0.717, 1.165) is 26.8 Å². The summed E-state index contributed by atoms with van der Waals surface area (Å²) in [5.41, 5.74) is 1.31. The Morgan fingerprint density at radius 1 is 1.53 bits per heavy atom. The Morgan fingerprint density at radius 2 is 2.26 bits per heavy atom. The lowest BCUT2D eigenvalue weighted by molar-refractivity contribution is -0.720. The first-order chi connectivity index (χ1) is 8.65. The summed E-state index contributed by atoms with van der Waals surface area (Å²) in [6, 6.07) is 0. The van der Waals surface area contributed by atoms with Crippen molar-refractivity contribution in [1.82, 2.24) is 4.98 Å². The van der Waals surface area contributed by atoms with Gasteiger partial charge in [-0.05, 0) is 42.4 Å². The number of thioether (sulfide) groups is 1. The van der Waals surface area contributed by atoms with Crippen molar-refractivity contribution in [3.05, 3.63) is 10.4 Å². The van der Waals surface area contributed by atoms with Gasteiger partial charge in [-0.3, -0.25) is 0 Å². The van der Waals surface area contributed by atoms with Gasteiger partial charge >= 0.3 is 5.16 Å². The molecule has 0 aliphatic carbocycles. The fourth-order valence-corrected chi connectivity index (χ4v) is 4.32. The number of nitrogens with zero attached hydrogens (tertiary/aromatic N) is 2. The zero-order valence-corrected chi connectivity index (χ0v) is 16.8. The largest absolute Gasteiger partial charge is 1.00 e. The second kappa shape index (κ2) is 6.18. The highest BCUT2D eigenvalue weighted by molar-refractivity contribution is 14.1. The Kier molecular flexibility index (Phi) is 5.22. The van der Waals surface area contributed by atoms with Crippen LogP contribution in [-0.2, 0) is 6.54 Å². The van der Waals surface area contributed by atoms with Crippen LogP contribution in [0.2, 0.25) is 0 Å². The Morgan fingerprint density at radius 3 is 2.89 bits per heavy atom. The fraction of sp³-hybridized carbons (Fsp3) is 0.500. The van der Waals surface area contributed by atoms with Crippen LogP contribution in [0.25, 0.3) is 10.2 Å². The number of thiophene rings is 1. The van der Waals surface area contributed by atoms with Crippen LogP contribution in [0.4, 0.5) is 0 Å². The van der Waals surface area contributed by atoms with Gasteiger partial charge in [0.05, 0.1) is 0 Å². The van der Waals surface area contributed by atoms with Crippen LogP contribution < -0.4 is 33.3 Å². The number of ether oxygens (including phenoxy) is 1. The molecule has 0 N–H and O–H groups in total. The van der Waals surface area contributed by atoms with Crippen molar-refractivity contribution in [1.29, 1.82) is 0 Å². The molecule has 1 aliphatic heterocycles. The first kappa shape index (κ1) is 16.0. The van der Waals surface area contributed by atoms with Crippen LogP contribution in [0.3, 0.4) is 0 Å². The van der Waals surface area contributed by atoms with E-state index in [1.54, 1.807) is 23.1 Å². The predicted octanol–water partition coefficient (Wildman–Crippen LogP) is 0.123. The number of aromatic nitrogens is 2. The maximum absolute atomic E-state index is 6.11. The van der Waals surface area contributed by atoms with Gasteiger partial charge in [0.2, 0.25) is 4.83 Å². The summed E-state index contributed by atoms with van der Waals surface area (Å²) in [7, 11) is 0. The molecule has 0 saturated carbocycles. The number of hydrogen-bond acceptors (Lipinski definition) is 4. The quantitative estimate of drug-likeness (QED) is 0.185. The summed E-state index contributed by atoms with van der Waals surface area (Å²) in [4.78, 5) is 7.22. The lowest BCUT2D eigenvalue weighted by Crippen LogP contribution is -3.00. The third-order valence-corrected chi connectivity index (χ3v) is 6.03. The van der Waals surface area contributed by atoms with Crippen molar-refractivity contribution >= 4 is 55.9 Å². The Hall–Kier alpha value is 0.650. The van der Waals surface area contributed by atoms with Crippen molar-refractivity contribution in [3.8, 4) is 5.88 Å². The number of fused-ring (bicyclic) bond motifs is 3. The molecule has 0 aromatic carbocycles. The van der Waals surface area contributed by atoms with Crippen LogP contribution in [0.5, 0.6) is 5.88 Å². The topological polar surface area (TPSA) is 26.0 Å². The molecule has 19 heavy (non-hydrogen) atoms. The van der Waals surface area contributed by atoms with Crippen molar-refractivity contribution in [2.75, 3.05) is 10.7 Å². The van der Waals surface area contributed by atoms with E-state index in [1.807, 2.05) is 0 Å². The fourth-order valence-electron chi connectivity index (χ4n) is 2.23. The average Bonchev–Trinajstić information content (AvgIpc) is 2.90. The molecule has 3 rings (SSSR count). The molecule has 0 radical (unpaired) electrons. The van der Waals surface area contributed by atoms with Gasteiger partial charge in [-0.2, -0.15) is 4.57 Å². The SMILES string of the molecule is CSc1nc2sc(C)c(C)c2c2[n+]1CC(CI)O2.[I-]. The van der Waals surface area contributed by atoms with Crippen molar-refractivity contribution in [3.63, 3.8) is 0 Å². The average molecular weight is 520 g/mol. The highest BCUT2D eigenvalue weighted by atomic mass is 127. The zero-order chi connectivity index (χ0) is 12.9. The first-order valence-electron chi connectivity index (χ1n) is 5.75. The molecule has 3 nitrogen and oxygen atoms in total. The highest BCUT2D eigenvalue weighted by Crippen LogP contribution is 2.36. The number of halogens is 2. The molecule has 104 valence electrons. The molecule has 2 aromatic heterocycles. The van der Waals surface area contributed by atoms with Crippen LogP contribution >= 0.6 is 45.7 Å². The van der Waals surface area contributed by atoms with Crippen molar-refractivity contribution in [2.24, 2.45) is 0 Å². The van der Waals surface area contributed by atoms with E-state index in [2.05, 4.69) is 47.3 Å². The molecule has 2 aromatic rings. The standard InChI is InChI=1S/C12H14IN2OS2.HI/c1-6-7(2)18-10-9(6)11-15(12(14-10)17-3)5-8(4-13)16-11;/h8H,4-5H2,1-3H3;1H/q+1;/p-1. The number of alkyl halides is 1. The summed E-state index contributed by atoms with van der Waals surface area (Å²) in [5.74, 6) is 1.02. The van der Waals surface area contributed by atoms with E-state index in [-0.39, 0.29) is 30.1 Å². The maximum atomic E-state index is 6.11. The summed E-state index contributed by atoms with van der Waals surface area (Å²) < 4.78 is 9.36. The third-order valence-electron chi connectivity index (χ3n) is 3.27. The Labute approximate surface area is 151 Å². The summed E-state index contributed by atoms with van der Waals surface area (Å²) >= 11 is 5.84. The van der Waals surface area contributed by atoms with Crippen LogP contribution in [-0.4, -0.2) is 21.8 Å². The van der Waals surface area contributed by atoms with E-state index in [4.69, 9.17) is 9.72 Å². The smallest absolute Gasteiger partial charge is 0.363 e. The monoisotopic (exact) mass is 520 g/mol. The van der Waals surface area contributed by atoms with Crippen molar-refractivity contribution < 1.29 is 33.3 Å². The minimum absolute atomic E-state index is 0. The number of aryl methyl sites for hydroxylation is 2. The molecular weight excluding hydrogens is 506 g/mol. The molecule has 0 fully saturated rings. The molecular formula is C12H14I2N2OS2. The van der Waals surface area contributed by atoms with Gasteiger partial charge in [0.15, 0.2) is 0 Å². The minimum atomic E-state index is 0. The molecule has 0 spiro atoms. The summed E-state index contributed by atoms with van der Waals surface area (Å²) in [6.45, 7) is 5.24. The van der Waals surface area contributed by atoms with Gasteiger partial charge in [0, 0.05) is 9.30 Å². The van der Waals surface area contributed by atoms with Gasteiger partial charge in [-0.15, -0.1) is 0 Å². The second-order valence-corrected chi connectivity index (χ2v) is 7.23. The summed E-state index contributed by atoms with van der Waals surface area (Å²) in [5, 5.41) is 2.27. The molecule has 1 atom stereocenters. The molecule has 0 saturated heterocycles. The van der Waals surface area contributed by atoms with Gasteiger partial charge in [-0.1, -0.05) is 33.9 Å². The van der Waals surface area contributed by atoms with E-state index >= 15 is 0 Å². The number of rotatable bonds is 2. The predicted molar refractivity (Wildman–Crippen MR) is 84.4 cm³/mol. The lowest BCUT2D eigenvalue weighted by Gasteiger charge is -2.01. The van der Waals surface area contributed by atoms with Gasteiger partial charge in [0.1, 0.15) is 18.0 Å². The van der Waals surface area contributed by atoms with Crippen LogP contribution in [0, 0.1) is 13.8 Å². The normalized spacial score (nSPS) is 17.2. The zero-order valence-electron chi connectivity index (χ0n) is 10.9. The highest BCUT2D eigenvalue weighted by Gasteiger charge is 2.35. The Bertz CT molecular complexity index is 630. The summed E-state index contributed by atoms with van der Waals surface area (Å²) in [6.07, 6.45) is 2.36. The minimum Gasteiger partial charge on any atom is -1.00 e. The van der Waals surface area contributed by atoms with E-state index in [9.17, 15) is 0 Å². The molecule has 7 heteroatoms. The van der Waals surface area contributed by atoms with Gasteiger partial charge in [0.25, 0.3) is 5.88 Å². The third kappa shape index (κ3) is 2.59. The molecule has 1 unspecified atom stereocenters. The van der Waals surface area contributed by atoms with Crippen LogP contribution in [0.1, 0.15) is 10.4 Å². The molecule has 1 aliphatic rings. The first-order valence-corrected chi connectivity index (χ1v) is 9.32. The van der Waals surface area contributed by atoms with E-state index in [0.29, 0.717) is 0 Å². The number of hydrogen-bond donors (Lipinski definition) is 0. The van der Waals surface area contributed by atoms with Crippen molar-refractivity contribution in [2.45, 2.75) is 31.7 Å². The van der Waals surface area contributed by atoms with Gasteiger partial charge in [-0.25, -0.2) is 0 Å². The lowest BCUT2D eigenvalue weighted by atomic mass is 10.2. The van der Waals surface area contributed by atoms with E-state index < -0.39 is 0 Å².